The SMILES string of the molecule is CCCCCC[C@@]1(O)C[C@H](c2ccc(C)cc2)N[C@H](c2ccc(C)cc2)[C@@H]1C. The first-order valence-corrected chi connectivity index (χ1v) is 11.0. The number of hydrogen-bond acceptors (Lipinski definition) is 2. The Morgan fingerprint density at radius 2 is 1.46 bits per heavy atom. The number of aryl methyl sites for hydroxylation is 2. The molecule has 1 fully saturated rings. The van der Waals surface area contributed by atoms with E-state index in [1.165, 1.54) is 41.5 Å². The second kappa shape index (κ2) is 9.24. The van der Waals surface area contributed by atoms with Crippen molar-refractivity contribution in [2.75, 3.05) is 0 Å². The molecule has 3 rings (SSSR count). The molecule has 28 heavy (non-hydrogen) atoms. The zero-order valence-electron chi connectivity index (χ0n) is 18.0. The van der Waals surface area contributed by atoms with Gasteiger partial charge in [-0.3, -0.25) is 0 Å². The number of unbranched alkanes of at least 4 members (excludes halogenated alkanes) is 3. The second-order valence-electron chi connectivity index (χ2n) is 8.93. The van der Waals surface area contributed by atoms with Crippen molar-refractivity contribution in [2.24, 2.45) is 5.92 Å². The molecule has 0 spiro atoms. The van der Waals surface area contributed by atoms with Gasteiger partial charge in [0.15, 0.2) is 0 Å². The highest BCUT2D eigenvalue weighted by Gasteiger charge is 2.45. The molecule has 1 saturated heterocycles. The summed E-state index contributed by atoms with van der Waals surface area (Å²) in [6, 6.07) is 17.9. The first-order chi connectivity index (χ1) is 13.4. The van der Waals surface area contributed by atoms with E-state index in [1.807, 2.05) is 0 Å². The van der Waals surface area contributed by atoms with Gasteiger partial charge in [0, 0.05) is 18.0 Å². The molecule has 152 valence electrons. The third kappa shape index (κ3) is 4.85. The minimum atomic E-state index is -0.635. The van der Waals surface area contributed by atoms with E-state index in [-0.39, 0.29) is 18.0 Å². The lowest BCUT2D eigenvalue weighted by molar-refractivity contribution is -0.0754. The summed E-state index contributed by atoms with van der Waals surface area (Å²) in [6.45, 7) is 8.71. The van der Waals surface area contributed by atoms with Crippen LogP contribution >= 0.6 is 0 Å². The summed E-state index contributed by atoms with van der Waals surface area (Å²) in [7, 11) is 0. The van der Waals surface area contributed by atoms with E-state index < -0.39 is 5.60 Å². The lowest BCUT2D eigenvalue weighted by Crippen LogP contribution is -2.52. The zero-order chi connectivity index (χ0) is 20.1. The minimum Gasteiger partial charge on any atom is -0.389 e. The van der Waals surface area contributed by atoms with Crippen LogP contribution in [0.25, 0.3) is 0 Å². The Bertz CT molecular complexity index is 736. The van der Waals surface area contributed by atoms with Crippen molar-refractivity contribution in [1.82, 2.24) is 5.32 Å². The highest BCUT2D eigenvalue weighted by atomic mass is 16.3. The standard InChI is InChI=1S/C26H37NO/c1-5-6-7-8-17-26(28)18-24(22-13-9-19(2)10-14-22)27-25(21(26)4)23-15-11-20(3)12-16-23/h9-16,21,24-25,27-28H,5-8,17-18H2,1-4H3/t21-,24+,25-,26+/m0/s1. The van der Waals surface area contributed by atoms with E-state index in [4.69, 9.17) is 0 Å². The van der Waals surface area contributed by atoms with E-state index in [9.17, 15) is 5.11 Å². The smallest absolute Gasteiger partial charge is 0.0709 e. The predicted molar refractivity (Wildman–Crippen MR) is 118 cm³/mol. The fraction of sp³-hybridized carbons (Fsp3) is 0.538. The Hall–Kier alpha value is -1.64. The van der Waals surface area contributed by atoms with Crippen LogP contribution in [0.1, 0.15) is 86.7 Å². The van der Waals surface area contributed by atoms with Gasteiger partial charge < -0.3 is 10.4 Å². The maximum absolute atomic E-state index is 11.8. The van der Waals surface area contributed by atoms with E-state index in [2.05, 4.69) is 81.5 Å². The average Bonchev–Trinajstić information content (AvgIpc) is 2.69. The Balaban J connectivity index is 1.87. The summed E-state index contributed by atoms with van der Waals surface area (Å²) >= 11 is 0. The molecule has 2 heteroatoms. The molecule has 1 aliphatic heterocycles. The fourth-order valence-electron chi connectivity index (χ4n) is 4.63. The Morgan fingerprint density at radius 1 is 0.893 bits per heavy atom. The Kier molecular flexibility index (Phi) is 6.95. The van der Waals surface area contributed by atoms with E-state index >= 15 is 0 Å². The maximum Gasteiger partial charge on any atom is 0.0709 e. The van der Waals surface area contributed by atoms with Gasteiger partial charge in [0.25, 0.3) is 0 Å². The second-order valence-corrected chi connectivity index (χ2v) is 8.93. The Morgan fingerprint density at radius 3 is 2.04 bits per heavy atom. The molecule has 2 nitrogen and oxygen atoms in total. The van der Waals surface area contributed by atoms with Gasteiger partial charge >= 0.3 is 0 Å². The third-order valence-corrected chi connectivity index (χ3v) is 6.67. The van der Waals surface area contributed by atoms with Crippen molar-refractivity contribution in [2.45, 2.75) is 83.9 Å². The molecule has 0 aromatic heterocycles. The number of benzene rings is 2. The van der Waals surface area contributed by atoms with Gasteiger partial charge in [-0.15, -0.1) is 0 Å². The number of hydrogen-bond donors (Lipinski definition) is 2. The van der Waals surface area contributed by atoms with Gasteiger partial charge in [0.1, 0.15) is 0 Å². The molecular weight excluding hydrogens is 342 g/mol. The lowest BCUT2D eigenvalue weighted by Gasteiger charge is -2.48. The molecule has 0 amide bonds. The highest BCUT2D eigenvalue weighted by molar-refractivity contribution is 5.30. The van der Waals surface area contributed by atoms with Gasteiger partial charge in [-0.25, -0.2) is 0 Å². The van der Waals surface area contributed by atoms with Crippen LogP contribution in [0.4, 0.5) is 0 Å². The highest BCUT2D eigenvalue weighted by Crippen LogP contribution is 2.45. The predicted octanol–water partition coefficient (Wildman–Crippen LogP) is 6.42. The van der Waals surface area contributed by atoms with Crippen molar-refractivity contribution in [3.05, 3.63) is 70.8 Å². The van der Waals surface area contributed by atoms with Crippen LogP contribution in [-0.2, 0) is 0 Å². The minimum absolute atomic E-state index is 0.164. The van der Waals surface area contributed by atoms with Gasteiger partial charge in [-0.1, -0.05) is 99.2 Å². The topological polar surface area (TPSA) is 32.3 Å². The van der Waals surface area contributed by atoms with Crippen LogP contribution in [0.15, 0.2) is 48.5 Å². The number of aliphatic hydroxyl groups is 1. The average molecular weight is 380 g/mol. The van der Waals surface area contributed by atoms with Crippen molar-refractivity contribution in [3.8, 4) is 0 Å². The van der Waals surface area contributed by atoms with Gasteiger partial charge in [0.2, 0.25) is 0 Å². The summed E-state index contributed by atoms with van der Waals surface area (Å²) in [6.07, 6.45) is 6.48. The molecule has 0 saturated carbocycles. The molecule has 0 unspecified atom stereocenters. The summed E-state index contributed by atoms with van der Waals surface area (Å²) in [5, 5.41) is 15.6. The van der Waals surface area contributed by atoms with Crippen molar-refractivity contribution in [1.29, 1.82) is 0 Å². The van der Waals surface area contributed by atoms with Crippen LogP contribution in [0.2, 0.25) is 0 Å². The first kappa shape index (κ1) is 21.1. The van der Waals surface area contributed by atoms with Crippen LogP contribution in [0.5, 0.6) is 0 Å². The normalized spacial score (nSPS) is 27.7. The molecule has 4 atom stereocenters. The summed E-state index contributed by atoms with van der Waals surface area (Å²) in [5.41, 5.74) is 4.47. The monoisotopic (exact) mass is 379 g/mol. The van der Waals surface area contributed by atoms with E-state index in [0.29, 0.717) is 0 Å². The van der Waals surface area contributed by atoms with Crippen molar-refractivity contribution < 1.29 is 5.11 Å². The van der Waals surface area contributed by atoms with Crippen LogP contribution in [-0.4, -0.2) is 10.7 Å². The van der Waals surface area contributed by atoms with Crippen molar-refractivity contribution >= 4 is 0 Å². The fourth-order valence-corrected chi connectivity index (χ4v) is 4.63. The first-order valence-electron chi connectivity index (χ1n) is 11.0. The molecule has 2 aromatic rings. The van der Waals surface area contributed by atoms with Gasteiger partial charge in [-0.2, -0.15) is 0 Å². The van der Waals surface area contributed by atoms with E-state index in [1.54, 1.807) is 0 Å². The van der Waals surface area contributed by atoms with Gasteiger partial charge in [0.05, 0.1) is 5.60 Å². The molecule has 2 aromatic carbocycles. The molecule has 1 heterocycles. The Labute approximate surface area is 171 Å². The number of nitrogens with one attached hydrogen (secondary N) is 1. The molecular formula is C26H37NO. The maximum atomic E-state index is 11.8. The zero-order valence-corrected chi connectivity index (χ0v) is 18.0. The number of rotatable bonds is 7. The van der Waals surface area contributed by atoms with Crippen LogP contribution < -0.4 is 5.32 Å². The number of piperidine rings is 1. The summed E-state index contributed by atoms with van der Waals surface area (Å²) < 4.78 is 0. The summed E-state index contributed by atoms with van der Waals surface area (Å²) in [4.78, 5) is 0. The van der Waals surface area contributed by atoms with Gasteiger partial charge in [-0.05, 0) is 37.8 Å². The largest absolute Gasteiger partial charge is 0.389 e. The lowest BCUT2D eigenvalue weighted by atomic mass is 9.70. The summed E-state index contributed by atoms with van der Waals surface area (Å²) in [5.74, 6) is 0.179. The van der Waals surface area contributed by atoms with E-state index in [0.717, 1.165) is 19.3 Å². The molecule has 1 aliphatic rings. The van der Waals surface area contributed by atoms with Crippen LogP contribution in [0, 0.1) is 19.8 Å². The van der Waals surface area contributed by atoms with Crippen LogP contribution in [0.3, 0.4) is 0 Å². The molecule has 0 aliphatic carbocycles. The van der Waals surface area contributed by atoms with Crippen molar-refractivity contribution in [3.63, 3.8) is 0 Å². The molecule has 0 bridgehead atoms. The third-order valence-electron chi connectivity index (χ3n) is 6.67. The quantitative estimate of drug-likeness (QED) is 0.544. The molecule has 2 N–H and O–H groups in total. The molecule has 0 radical (unpaired) electrons.